The lowest BCUT2D eigenvalue weighted by molar-refractivity contribution is -0.384. The molecule has 216 valence electrons. The first-order valence-corrected chi connectivity index (χ1v) is 13.3. The van der Waals surface area contributed by atoms with E-state index in [0.717, 1.165) is 15.4 Å². The second kappa shape index (κ2) is 12.0. The van der Waals surface area contributed by atoms with E-state index in [9.17, 15) is 24.5 Å². The number of benzene rings is 4. The summed E-state index contributed by atoms with van der Waals surface area (Å²) in [6, 6.07) is 24.1. The van der Waals surface area contributed by atoms with Crippen molar-refractivity contribution in [2.24, 2.45) is 0 Å². The number of nitro groups is 1. The van der Waals surface area contributed by atoms with Crippen molar-refractivity contribution in [3.05, 3.63) is 129 Å². The lowest BCUT2D eigenvalue weighted by atomic mass is 10.0. The molecule has 0 radical (unpaired) electrons. The molecule has 0 bridgehead atoms. The number of nitro benzene ring substituents is 1. The summed E-state index contributed by atoms with van der Waals surface area (Å²) in [5.41, 5.74) is 3.11. The van der Waals surface area contributed by atoms with Gasteiger partial charge < -0.3 is 9.47 Å². The highest BCUT2D eigenvalue weighted by Gasteiger charge is 2.44. The van der Waals surface area contributed by atoms with Crippen LogP contribution in [-0.4, -0.2) is 29.9 Å². The Morgan fingerprint density at radius 1 is 0.767 bits per heavy atom. The summed E-state index contributed by atoms with van der Waals surface area (Å²) in [6.45, 7) is 3.70. The number of ether oxygens (including phenoxy) is 2. The summed E-state index contributed by atoms with van der Waals surface area (Å²) >= 11 is 0. The normalized spacial score (nSPS) is 13.3. The van der Waals surface area contributed by atoms with E-state index in [1.54, 1.807) is 92.7 Å². The average molecular weight is 578 g/mol. The number of nitrogens with zero attached hydrogens (tertiary/aromatic N) is 3. The number of carbonyl (C=O) groups is 3. The van der Waals surface area contributed by atoms with Crippen LogP contribution in [0, 0.1) is 24.0 Å². The lowest BCUT2D eigenvalue weighted by Gasteiger charge is -2.35. The Morgan fingerprint density at radius 2 is 1.33 bits per heavy atom. The standard InChI is InChI=1S/C33H27N3O7/c1-21-8-4-6-10-27(21)34-31(37)26(32(38)35(33(34)39)28-11-7-5-9-22(28)2)18-24-14-17-29(30(19-24)42-3)43-20-23-12-15-25(16-13-23)36(40)41/h4-19H,20H2,1-3H3. The molecule has 4 aromatic carbocycles. The molecule has 0 N–H and O–H groups in total. The highest BCUT2D eigenvalue weighted by atomic mass is 16.6. The summed E-state index contributed by atoms with van der Waals surface area (Å²) in [7, 11) is 1.46. The minimum atomic E-state index is -0.761. The van der Waals surface area contributed by atoms with E-state index in [1.165, 1.54) is 25.3 Å². The monoisotopic (exact) mass is 577 g/mol. The van der Waals surface area contributed by atoms with E-state index in [2.05, 4.69) is 0 Å². The first-order valence-electron chi connectivity index (χ1n) is 13.3. The third-order valence-corrected chi connectivity index (χ3v) is 7.00. The van der Waals surface area contributed by atoms with Crippen molar-refractivity contribution in [2.75, 3.05) is 16.9 Å². The van der Waals surface area contributed by atoms with Crippen LogP contribution in [0.2, 0.25) is 0 Å². The molecule has 0 unspecified atom stereocenters. The van der Waals surface area contributed by atoms with Crippen LogP contribution in [0.3, 0.4) is 0 Å². The number of urea groups is 1. The quantitative estimate of drug-likeness (QED) is 0.103. The van der Waals surface area contributed by atoms with Gasteiger partial charge in [-0.3, -0.25) is 19.7 Å². The topological polar surface area (TPSA) is 119 Å². The van der Waals surface area contributed by atoms with Crippen LogP contribution in [0.5, 0.6) is 11.5 Å². The SMILES string of the molecule is COc1cc(C=C2C(=O)N(c3ccccc3C)C(=O)N(c3ccccc3C)C2=O)ccc1OCc1ccc([N+](=O)[O-])cc1. The molecule has 10 heteroatoms. The molecule has 5 rings (SSSR count). The average Bonchev–Trinajstić information content (AvgIpc) is 3.00. The molecule has 43 heavy (non-hydrogen) atoms. The van der Waals surface area contributed by atoms with Gasteiger partial charge in [0.25, 0.3) is 17.5 Å². The fourth-order valence-corrected chi connectivity index (χ4v) is 4.72. The van der Waals surface area contributed by atoms with Crippen LogP contribution in [0.4, 0.5) is 21.9 Å². The van der Waals surface area contributed by atoms with E-state index in [-0.39, 0.29) is 17.9 Å². The van der Waals surface area contributed by atoms with Crippen molar-refractivity contribution in [2.45, 2.75) is 20.5 Å². The van der Waals surface area contributed by atoms with Crippen LogP contribution < -0.4 is 19.3 Å². The predicted molar refractivity (Wildman–Crippen MR) is 161 cm³/mol. The molecule has 4 aromatic rings. The van der Waals surface area contributed by atoms with Crippen LogP contribution in [-0.2, 0) is 16.2 Å². The van der Waals surface area contributed by atoms with Crippen molar-refractivity contribution in [1.29, 1.82) is 0 Å². The molecular weight excluding hydrogens is 550 g/mol. The molecule has 10 nitrogen and oxygen atoms in total. The molecule has 0 aliphatic carbocycles. The van der Waals surface area contributed by atoms with Gasteiger partial charge in [0.05, 0.1) is 23.4 Å². The number of hydrogen-bond acceptors (Lipinski definition) is 7. The molecule has 4 amide bonds. The zero-order chi connectivity index (χ0) is 30.7. The number of non-ortho nitro benzene ring substituents is 1. The molecule has 0 saturated carbocycles. The van der Waals surface area contributed by atoms with Gasteiger partial charge in [-0.2, -0.15) is 0 Å². The predicted octanol–water partition coefficient (Wildman–Crippen LogP) is 6.38. The van der Waals surface area contributed by atoms with Crippen molar-refractivity contribution < 1.29 is 28.8 Å². The van der Waals surface area contributed by atoms with Gasteiger partial charge in [-0.05, 0) is 78.6 Å². The van der Waals surface area contributed by atoms with Crippen LogP contribution in [0.25, 0.3) is 6.08 Å². The second-order valence-corrected chi connectivity index (χ2v) is 9.82. The summed E-state index contributed by atoms with van der Waals surface area (Å²) in [5, 5.41) is 10.9. The van der Waals surface area contributed by atoms with Gasteiger partial charge in [0, 0.05) is 12.1 Å². The summed E-state index contributed by atoms with van der Waals surface area (Å²) in [5.74, 6) is -0.754. The Labute approximate surface area is 247 Å². The fourth-order valence-electron chi connectivity index (χ4n) is 4.72. The van der Waals surface area contributed by atoms with Gasteiger partial charge in [-0.15, -0.1) is 0 Å². The van der Waals surface area contributed by atoms with E-state index in [1.807, 2.05) is 0 Å². The zero-order valence-electron chi connectivity index (χ0n) is 23.6. The number of hydrogen-bond donors (Lipinski definition) is 0. The number of para-hydroxylation sites is 2. The number of anilines is 2. The number of carbonyl (C=O) groups excluding carboxylic acids is 3. The van der Waals surface area contributed by atoms with Crippen molar-refractivity contribution >= 4 is 41.0 Å². The van der Waals surface area contributed by atoms with Crippen LogP contribution in [0.1, 0.15) is 22.3 Å². The Morgan fingerprint density at radius 3 is 1.84 bits per heavy atom. The van der Waals surface area contributed by atoms with Gasteiger partial charge in [-0.1, -0.05) is 42.5 Å². The van der Waals surface area contributed by atoms with Crippen LogP contribution in [0.15, 0.2) is 96.6 Å². The maximum Gasteiger partial charge on any atom is 0.343 e. The molecule has 1 heterocycles. The fraction of sp³-hybridized carbons (Fsp3) is 0.121. The minimum Gasteiger partial charge on any atom is -0.493 e. The van der Waals surface area contributed by atoms with Gasteiger partial charge >= 0.3 is 6.03 Å². The first-order chi connectivity index (χ1) is 20.7. The van der Waals surface area contributed by atoms with Gasteiger partial charge in [-0.25, -0.2) is 14.6 Å². The molecule has 1 fully saturated rings. The molecule has 1 aliphatic heterocycles. The number of rotatable bonds is 8. The number of amides is 4. The van der Waals surface area contributed by atoms with Crippen molar-refractivity contribution in [3.8, 4) is 11.5 Å². The third kappa shape index (κ3) is 5.71. The Hall–Kier alpha value is -5.77. The lowest BCUT2D eigenvalue weighted by Crippen LogP contribution is -2.57. The maximum atomic E-state index is 13.8. The van der Waals surface area contributed by atoms with Gasteiger partial charge in [0.15, 0.2) is 11.5 Å². The Balaban J connectivity index is 1.50. The third-order valence-electron chi connectivity index (χ3n) is 7.00. The molecule has 0 atom stereocenters. The minimum absolute atomic E-state index is 0.0193. The first kappa shape index (κ1) is 28.7. The number of imide groups is 2. The summed E-state index contributed by atoms with van der Waals surface area (Å²) < 4.78 is 11.4. The van der Waals surface area contributed by atoms with E-state index in [4.69, 9.17) is 9.47 Å². The molecular formula is C33H27N3O7. The number of barbiturate groups is 1. The summed E-state index contributed by atoms with van der Waals surface area (Å²) in [6.07, 6.45) is 1.43. The zero-order valence-corrected chi connectivity index (χ0v) is 23.6. The Kier molecular flexibility index (Phi) is 8.02. The van der Waals surface area contributed by atoms with E-state index < -0.39 is 22.8 Å². The maximum absolute atomic E-state index is 13.8. The molecule has 0 aromatic heterocycles. The second-order valence-electron chi connectivity index (χ2n) is 9.82. The number of methoxy groups -OCH3 is 1. The summed E-state index contributed by atoms with van der Waals surface area (Å²) in [4.78, 5) is 53.8. The molecule has 0 spiro atoms. The molecule has 1 saturated heterocycles. The molecule has 1 aliphatic rings. The van der Waals surface area contributed by atoms with Gasteiger partial charge in [0.1, 0.15) is 12.2 Å². The van der Waals surface area contributed by atoms with Crippen LogP contribution >= 0.6 is 0 Å². The van der Waals surface area contributed by atoms with Crippen molar-refractivity contribution in [3.63, 3.8) is 0 Å². The highest BCUT2D eigenvalue weighted by molar-refractivity contribution is 6.46. The van der Waals surface area contributed by atoms with Crippen molar-refractivity contribution in [1.82, 2.24) is 0 Å². The number of aryl methyl sites for hydroxylation is 2. The smallest absolute Gasteiger partial charge is 0.343 e. The largest absolute Gasteiger partial charge is 0.493 e. The van der Waals surface area contributed by atoms with E-state index in [0.29, 0.717) is 39.6 Å². The Bertz CT molecular complexity index is 1710. The highest BCUT2D eigenvalue weighted by Crippen LogP contribution is 2.34. The van der Waals surface area contributed by atoms with E-state index >= 15 is 0 Å². The van der Waals surface area contributed by atoms with Gasteiger partial charge in [0.2, 0.25) is 0 Å².